The minimum absolute atomic E-state index is 0.728. The monoisotopic (exact) mass is 456 g/mol. The van der Waals surface area contributed by atoms with Gasteiger partial charge in [0.2, 0.25) is 0 Å². The second-order valence-electron chi connectivity index (χ2n) is 9.75. The van der Waals surface area contributed by atoms with Gasteiger partial charge in [0.25, 0.3) is 0 Å². The molecule has 158 valence electrons. The second kappa shape index (κ2) is 10.1. The van der Waals surface area contributed by atoms with Crippen LogP contribution in [0.5, 0.6) is 0 Å². The molecule has 10 heteroatoms. The molecule has 0 radical (unpaired) electrons. The number of rotatable bonds is 13. The molecule has 0 saturated carbocycles. The molecule has 5 nitrogen and oxygen atoms in total. The minimum atomic E-state index is -2.44. The van der Waals surface area contributed by atoms with Gasteiger partial charge in [-0.1, -0.05) is 6.92 Å². The van der Waals surface area contributed by atoms with Crippen LogP contribution in [0.15, 0.2) is 0 Å². The molecule has 0 N–H and O–H groups in total. The van der Waals surface area contributed by atoms with E-state index in [1.165, 1.54) is 0 Å². The van der Waals surface area contributed by atoms with Gasteiger partial charge in [0, 0.05) is 13.7 Å². The van der Waals surface area contributed by atoms with Gasteiger partial charge in [-0.15, -0.1) is 0 Å². The summed E-state index contributed by atoms with van der Waals surface area (Å²) in [6, 6.07) is 1.84. The first-order chi connectivity index (χ1) is 11.4. The molecule has 0 heterocycles. The zero-order chi connectivity index (χ0) is 20.9. The smallest absolute Gasteiger partial charge is 0.317 e. The van der Waals surface area contributed by atoms with Crippen molar-refractivity contribution in [2.45, 2.75) is 90.9 Å². The molecule has 2 atom stereocenters. The zero-order valence-electron chi connectivity index (χ0n) is 19.4. The summed E-state index contributed by atoms with van der Waals surface area (Å²) in [7, 11) is -8.60. The van der Waals surface area contributed by atoms with Crippen LogP contribution in [0.3, 0.4) is 0 Å². The van der Waals surface area contributed by atoms with Gasteiger partial charge in [-0.25, -0.2) is 0 Å². The average molecular weight is 457 g/mol. The van der Waals surface area contributed by atoms with Gasteiger partial charge in [-0.2, -0.15) is 0 Å². The van der Waals surface area contributed by atoms with Crippen LogP contribution in [-0.4, -0.2) is 56.0 Å². The van der Waals surface area contributed by atoms with Crippen LogP contribution in [0.25, 0.3) is 0 Å². The summed E-state index contributed by atoms with van der Waals surface area (Å²) in [5.41, 5.74) is 0. The summed E-state index contributed by atoms with van der Waals surface area (Å²) in [5, 5.41) is 0. The lowest BCUT2D eigenvalue weighted by atomic mass is 10.5. The Hall–Kier alpha value is 0.884. The third-order valence-electron chi connectivity index (χ3n) is 3.59. The molecule has 26 heavy (non-hydrogen) atoms. The predicted octanol–water partition coefficient (Wildman–Crippen LogP) is 5.62. The lowest BCUT2D eigenvalue weighted by Gasteiger charge is -2.44. The molecular formula is C16H44O5Si5. The summed E-state index contributed by atoms with van der Waals surface area (Å²) in [6.45, 7) is 24.9. The van der Waals surface area contributed by atoms with Crippen LogP contribution in [0.2, 0.25) is 77.6 Å². The van der Waals surface area contributed by atoms with Crippen LogP contribution in [0.1, 0.15) is 13.3 Å². The van der Waals surface area contributed by atoms with Crippen molar-refractivity contribution in [1.82, 2.24) is 0 Å². The van der Waals surface area contributed by atoms with Crippen molar-refractivity contribution in [3.63, 3.8) is 0 Å². The molecule has 0 saturated heterocycles. The van der Waals surface area contributed by atoms with Gasteiger partial charge in [-0.05, 0) is 84.0 Å². The first-order valence-electron chi connectivity index (χ1n) is 9.74. The van der Waals surface area contributed by atoms with E-state index in [1.807, 2.05) is 0 Å². The normalized spacial score (nSPS) is 18.5. The summed E-state index contributed by atoms with van der Waals surface area (Å²) in [4.78, 5) is 0. The Labute approximate surface area is 168 Å². The van der Waals surface area contributed by atoms with Gasteiger partial charge in [0.05, 0.1) is 0 Å². The van der Waals surface area contributed by atoms with E-state index in [0.717, 1.165) is 25.1 Å². The number of hydrogen-bond donors (Lipinski definition) is 0. The lowest BCUT2D eigenvalue weighted by molar-refractivity contribution is 0.194. The SMILES string of the molecule is CC[Si@](C)(O[Si](C)(C)C)O[Si](C)(CCCOC)O[Si](C)(C)O[Si](C)(C)C. The minimum Gasteiger partial charge on any atom is -0.437 e. The van der Waals surface area contributed by atoms with Crippen LogP contribution < -0.4 is 0 Å². The molecule has 0 bridgehead atoms. The first-order valence-corrected chi connectivity index (χ1v) is 24.4. The van der Waals surface area contributed by atoms with Crippen molar-refractivity contribution < 1.29 is 21.2 Å². The maximum Gasteiger partial charge on any atom is 0.317 e. The number of hydrogen-bond acceptors (Lipinski definition) is 5. The maximum atomic E-state index is 6.83. The Morgan fingerprint density at radius 3 is 1.50 bits per heavy atom. The number of ether oxygens (including phenoxy) is 1. The Morgan fingerprint density at radius 1 is 0.615 bits per heavy atom. The Morgan fingerprint density at radius 2 is 1.12 bits per heavy atom. The largest absolute Gasteiger partial charge is 0.437 e. The fraction of sp³-hybridized carbons (Fsp3) is 1.00. The molecule has 0 spiro atoms. The van der Waals surface area contributed by atoms with Crippen LogP contribution >= 0.6 is 0 Å². The van der Waals surface area contributed by atoms with Crippen molar-refractivity contribution in [2.24, 2.45) is 0 Å². The van der Waals surface area contributed by atoms with E-state index in [0.29, 0.717) is 0 Å². The molecule has 0 fully saturated rings. The highest BCUT2D eigenvalue weighted by Crippen LogP contribution is 2.30. The molecule has 0 aliphatic carbocycles. The van der Waals surface area contributed by atoms with E-state index in [1.54, 1.807) is 7.11 Å². The highest BCUT2D eigenvalue weighted by molar-refractivity contribution is 6.90. The van der Waals surface area contributed by atoms with E-state index in [2.05, 4.69) is 72.4 Å². The summed E-state index contributed by atoms with van der Waals surface area (Å²) in [6.07, 6.45) is 0.942. The molecule has 0 amide bonds. The Kier molecular flexibility index (Phi) is 10.4. The molecule has 0 aromatic heterocycles. The zero-order valence-corrected chi connectivity index (χ0v) is 24.4. The topological polar surface area (TPSA) is 46.2 Å². The summed E-state index contributed by atoms with van der Waals surface area (Å²) >= 11 is 0. The fourth-order valence-electron chi connectivity index (χ4n) is 3.21. The van der Waals surface area contributed by atoms with Crippen molar-refractivity contribution in [3.05, 3.63) is 0 Å². The summed E-state index contributed by atoms with van der Waals surface area (Å²) < 4.78 is 31.8. The van der Waals surface area contributed by atoms with Gasteiger partial charge in [-0.3, -0.25) is 0 Å². The lowest BCUT2D eigenvalue weighted by Crippen LogP contribution is -2.60. The molecular weight excluding hydrogens is 413 g/mol. The van der Waals surface area contributed by atoms with E-state index in [4.69, 9.17) is 21.2 Å². The maximum absolute atomic E-state index is 6.83. The van der Waals surface area contributed by atoms with Gasteiger partial charge in [0.1, 0.15) is 0 Å². The van der Waals surface area contributed by atoms with Gasteiger partial charge >= 0.3 is 25.7 Å². The van der Waals surface area contributed by atoms with Gasteiger partial charge < -0.3 is 21.2 Å². The molecule has 0 rings (SSSR count). The van der Waals surface area contributed by atoms with E-state index in [9.17, 15) is 0 Å². The van der Waals surface area contributed by atoms with Crippen molar-refractivity contribution in [3.8, 4) is 0 Å². The van der Waals surface area contributed by atoms with Crippen molar-refractivity contribution in [2.75, 3.05) is 13.7 Å². The van der Waals surface area contributed by atoms with Crippen LogP contribution in [0, 0.1) is 0 Å². The number of methoxy groups -OCH3 is 1. The van der Waals surface area contributed by atoms with Crippen molar-refractivity contribution >= 4 is 42.3 Å². The molecule has 0 aliphatic rings. The molecule has 1 unspecified atom stereocenters. The average Bonchev–Trinajstić information content (AvgIpc) is 2.32. The van der Waals surface area contributed by atoms with E-state index in [-0.39, 0.29) is 0 Å². The molecule has 0 aliphatic heterocycles. The predicted molar refractivity (Wildman–Crippen MR) is 124 cm³/mol. The Balaban J connectivity index is 5.46. The molecule has 0 aromatic rings. The van der Waals surface area contributed by atoms with E-state index < -0.39 is 42.3 Å². The third-order valence-corrected chi connectivity index (χ3v) is 21.9. The second-order valence-corrected chi connectivity index (χ2v) is 30.0. The molecule has 0 aromatic carbocycles. The highest BCUT2D eigenvalue weighted by Gasteiger charge is 2.48. The van der Waals surface area contributed by atoms with Crippen LogP contribution in [-0.2, 0) is 21.2 Å². The Bertz CT molecular complexity index is 424. The van der Waals surface area contributed by atoms with E-state index >= 15 is 0 Å². The third kappa shape index (κ3) is 12.4. The first kappa shape index (κ1) is 26.9. The standard InChI is InChI=1S/C16H44O5Si5/c1-13-25(11,19-23(6,7)8)21-26(12,16-14-15-17-2)20-24(9,10)18-22(3,4)5/h13-16H2,1-12H3/t25-,26?/m1/s1. The van der Waals surface area contributed by atoms with Gasteiger partial charge in [0.15, 0.2) is 16.6 Å². The fourth-order valence-corrected chi connectivity index (χ4v) is 26.5. The van der Waals surface area contributed by atoms with Crippen molar-refractivity contribution in [1.29, 1.82) is 0 Å². The summed E-state index contributed by atoms with van der Waals surface area (Å²) in [5.74, 6) is 0. The quantitative estimate of drug-likeness (QED) is 0.265. The highest BCUT2D eigenvalue weighted by atomic mass is 28.5. The van der Waals surface area contributed by atoms with Crippen LogP contribution in [0.4, 0.5) is 0 Å².